The van der Waals surface area contributed by atoms with Crippen molar-refractivity contribution in [3.8, 4) is 11.5 Å². The molecule has 6 nitrogen and oxygen atoms in total. The summed E-state index contributed by atoms with van der Waals surface area (Å²) < 4.78 is 29.9. The van der Waals surface area contributed by atoms with Crippen molar-refractivity contribution in [2.75, 3.05) is 28.3 Å². The molecule has 0 amide bonds. The Labute approximate surface area is 206 Å². The average Bonchev–Trinajstić information content (AvgIpc) is 3.30. The molecular weight excluding hydrogens is 445 g/mol. The van der Waals surface area contributed by atoms with Crippen LogP contribution in [-0.4, -0.2) is 43.4 Å². The van der Waals surface area contributed by atoms with E-state index in [1.54, 1.807) is 26.4 Å². The second-order valence-corrected chi connectivity index (χ2v) is 9.41. The summed E-state index contributed by atoms with van der Waals surface area (Å²) >= 11 is 0. The Bertz CT molecular complexity index is 1140. The van der Waals surface area contributed by atoms with Gasteiger partial charge in [-0.25, -0.2) is 4.39 Å². The second-order valence-electron chi connectivity index (χ2n) is 9.41. The van der Waals surface area contributed by atoms with Crippen LogP contribution in [0.4, 0.5) is 4.39 Å². The first-order valence-electron chi connectivity index (χ1n) is 12.1. The van der Waals surface area contributed by atoms with Crippen LogP contribution >= 0.6 is 0 Å². The minimum absolute atomic E-state index is 0.170. The topological polar surface area (TPSA) is 60.6 Å². The zero-order chi connectivity index (χ0) is 24.8. The molecule has 1 heterocycles. The van der Waals surface area contributed by atoms with Gasteiger partial charge in [0.1, 0.15) is 5.82 Å². The largest absolute Gasteiger partial charge is 0.493 e. The molecule has 1 saturated carbocycles. The van der Waals surface area contributed by atoms with Crippen LogP contribution in [0.15, 0.2) is 53.1 Å². The Hall–Kier alpha value is -3.19. The van der Waals surface area contributed by atoms with Crippen molar-refractivity contribution in [3.05, 3.63) is 77.2 Å². The average molecular weight is 480 g/mol. The number of benzene rings is 2. The number of allylic oxidation sites excluding steroid dienone is 1. The number of ether oxygens (including phenoxy) is 2. The zero-order valence-electron chi connectivity index (χ0n) is 20.9. The number of aromatic nitrogens is 2. The van der Waals surface area contributed by atoms with Crippen LogP contribution in [-0.2, 0) is 6.42 Å². The van der Waals surface area contributed by atoms with E-state index < -0.39 is 0 Å². The van der Waals surface area contributed by atoms with Gasteiger partial charge in [0.15, 0.2) is 17.3 Å². The molecule has 1 atom stereocenters. The second kappa shape index (κ2) is 11.5. The Balaban J connectivity index is 1.33. The van der Waals surface area contributed by atoms with Crippen molar-refractivity contribution in [2.24, 2.45) is 11.8 Å². The maximum Gasteiger partial charge on any atom is 0.250 e. The monoisotopic (exact) mass is 479 g/mol. The Kier molecular flexibility index (Phi) is 8.18. The van der Waals surface area contributed by atoms with E-state index in [2.05, 4.69) is 35.2 Å². The van der Waals surface area contributed by atoms with E-state index >= 15 is 0 Å². The standard InChI is InChI=1S/C28H34FN3O3/c1-32(2)28(22-6-5-7-23(29)18-22)21-12-8-19(9-13-21)11-15-27-30-26(31-35-27)17-20-10-14-24(33-3)25(16-20)34-4/h5-7,10-11,14-16,18-19,21,28H,8-9,12-13,17H2,1-4H3/b15-11+. The van der Waals surface area contributed by atoms with Crippen molar-refractivity contribution >= 4 is 6.08 Å². The lowest BCUT2D eigenvalue weighted by molar-refractivity contribution is 0.159. The maximum absolute atomic E-state index is 13.8. The van der Waals surface area contributed by atoms with Gasteiger partial charge in [0, 0.05) is 12.5 Å². The van der Waals surface area contributed by atoms with Gasteiger partial charge in [-0.05, 0) is 93.1 Å². The molecule has 0 radical (unpaired) electrons. The summed E-state index contributed by atoms with van der Waals surface area (Å²) in [6.07, 6.45) is 9.06. The first-order valence-corrected chi connectivity index (χ1v) is 12.1. The summed E-state index contributed by atoms with van der Waals surface area (Å²) in [5, 5.41) is 4.12. The molecule has 1 aliphatic carbocycles. The minimum Gasteiger partial charge on any atom is -0.493 e. The van der Waals surface area contributed by atoms with Crippen molar-refractivity contribution < 1.29 is 18.4 Å². The van der Waals surface area contributed by atoms with Crippen LogP contribution in [0.1, 0.15) is 54.6 Å². The third kappa shape index (κ3) is 6.28. The lowest BCUT2D eigenvalue weighted by Crippen LogP contribution is -2.30. The molecule has 0 N–H and O–H groups in total. The molecule has 0 bridgehead atoms. The molecular formula is C28H34FN3O3. The third-order valence-electron chi connectivity index (χ3n) is 6.81. The van der Waals surface area contributed by atoms with Gasteiger partial charge in [0.2, 0.25) is 5.89 Å². The lowest BCUT2D eigenvalue weighted by Gasteiger charge is -2.37. The van der Waals surface area contributed by atoms with Crippen LogP contribution in [0.5, 0.6) is 11.5 Å². The van der Waals surface area contributed by atoms with Gasteiger partial charge in [0.25, 0.3) is 0 Å². The molecule has 1 aliphatic rings. The zero-order valence-corrected chi connectivity index (χ0v) is 20.9. The first kappa shape index (κ1) is 24.9. The highest BCUT2D eigenvalue weighted by atomic mass is 19.1. The SMILES string of the molecule is COc1ccc(Cc2noc(/C=C/C3CCC(C(c4cccc(F)c4)N(C)C)CC3)n2)cc1OC. The molecule has 186 valence electrons. The fraction of sp³-hybridized carbons (Fsp3) is 0.429. The molecule has 1 unspecified atom stereocenters. The Morgan fingerprint density at radius 3 is 2.51 bits per heavy atom. The highest BCUT2D eigenvalue weighted by Gasteiger charge is 2.29. The summed E-state index contributed by atoms with van der Waals surface area (Å²) in [6, 6.07) is 13.0. The summed E-state index contributed by atoms with van der Waals surface area (Å²) in [6.45, 7) is 0. The Morgan fingerprint density at radius 2 is 1.83 bits per heavy atom. The van der Waals surface area contributed by atoms with Crippen molar-refractivity contribution in [3.63, 3.8) is 0 Å². The maximum atomic E-state index is 13.8. The van der Waals surface area contributed by atoms with E-state index in [1.165, 1.54) is 6.07 Å². The fourth-order valence-electron chi connectivity index (χ4n) is 5.13. The van der Waals surface area contributed by atoms with Crippen LogP contribution in [0.2, 0.25) is 0 Å². The summed E-state index contributed by atoms with van der Waals surface area (Å²) in [7, 11) is 7.40. The van der Waals surface area contributed by atoms with Gasteiger partial charge < -0.3 is 18.9 Å². The van der Waals surface area contributed by atoms with Gasteiger partial charge >= 0.3 is 0 Å². The normalized spacial score (nSPS) is 19.3. The molecule has 0 aliphatic heterocycles. The Morgan fingerprint density at radius 1 is 1.06 bits per heavy atom. The fourth-order valence-corrected chi connectivity index (χ4v) is 5.13. The number of methoxy groups -OCH3 is 2. The predicted octanol–water partition coefficient (Wildman–Crippen LogP) is 5.94. The summed E-state index contributed by atoms with van der Waals surface area (Å²) in [5.74, 6) is 3.33. The quantitative estimate of drug-likeness (QED) is 0.379. The third-order valence-corrected chi connectivity index (χ3v) is 6.81. The van der Waals surface area contributed by atoms with E-state index in [-0.39, 0.29) is 11.9 Å². The van der Waals surface area contributed by atoms with E-state index in [4.69, 9.17) is 14.0 Å². The summed E-state index contributed by atoms with van der Waals surface area (Å²) in [4.78, 5) is 6.74. The molecule has 0 spiro atoms. The minimum atomic E-state index is -0.170. The van der Waals surface area contributed by atoms with E-state index in [1.807, 2.05) is 30.3 Å². The van der Waals surface area contributed by atoms with Crippen molar-refractivity contribution in [2.45, 2.75) is 38.1 Å². The number of rotatable bonds is 9. The highest BCUT2D eigenvalue weighted by molar-refractivity contribution is 5.44. The first-order chi connectivity index (χ1) is 17.0. The van der Waals surface area contributed by atoms with Gasteiger partial charge in [-0.1, -0.05) is 29.4 Å². The molecule has 35 heavy (non-hydrogen) atoms. The van der Waals surface area contributed by atoms with Gasteiger partial charge in [-0.3, -0.25) is 0 Å². The molecule has 2 aromatic carbocycles. The predicted molar refractivity (Wildman–Crippen MR) is 134 cm³/mol. The number of hydrogen-bond acceptors (Lipinski definition) is 6. The van der Waals surface area contributed by atoms with Gasteiger partial charge in [-0.2, -0.15) is 4.98 Å². The van der Waals surface area contributed by atoms with Crippen LogP contribution in [0, 0.1) is 17.7 Å². The molecule has 7 heteroatoms. The van der Waals surface area contributed by atoms with E-state index in [9.17, 15) is 4.39 Å². The van der Waals surface area contributed by atoms with Crippen LogP contribution in [0.3, 0.4) is 0 Å². The molecule has 1 aromatic heterocycles. The van der Waals surface area contributed by atoms with Crippen LogP contribution in [0.25, 0.3) is 6.08 Å². The number of hydrogen-bond donors (Lipinski definition) is 0. The smallest absolute Gasteiger partial charge is 0.250 e. The van der Waals surface area contributed by atoms with E-state index in [0.717, 1.165) is 36.8 Å². The number of halogens is 1. The van der Waals surface area contributed by atoms with Gasteiger partial charge in [0.05, 0.1) is 14.2 Å². The van der Waals surface area contributed by atoms with Gasteiger partial charge in [-0.15, -0.1) is 0 Å². The van der Waals surface area contributed by atoms with Crippen LogP contribution < -0.4 is 9.47 Å². The molecule has 4 rings (SSSR count). The van der Waals surface area contributed by atoms with Crippen molar-refractivity contribution in [1.29, 1.82) is 0 Å². The molecule has 3 aromatic rings. The molecule has 0 saturated heterocycles. The van der Waals surface area contributed by atoms with E-state index in [0.29, 0.717) is 41.5 Å². The van der Waals surface area contributed by atoms with Crippen molar-refractivity contribution in [1.82, 2.24) is 15.0 Å². The lowest BCUT2D eigenvalue weighted by atomic mass is 9.76. The number of nitrogens with zero attached hydrogens (tertiary/aromatic N) is 3. The molecule has 1 fully saturated rings. The highest BCUT2D eigenvalue weighted by Crippen LogP contribution is 2.40. The summed E-state index contributed by atoms with van der Waals surface area (Å²) in [5.41, 5.74) is 2.08.